The lowest BCUT2D eigenvalue weighted by atomic mass is 9.99. The number of unbranched alkanes of at least 4 members (excludes halogenated alkanes) is 25. The van der Waals surface area contributed by atoms with Gasteiger partial charge < -0.3 is 40.3 Å². The first-order valence-corrected chi connectivity index (χ1v) is 29.3. The van der Waals surface area contributed by atoms with Gasteiger partial charge in [-0.1, -0.05) is 253 Å². The number of carbonyl (C=O) groups is 1. The molecule has 0 saturated carbocycles. The summed E-state index contributed by atoms with van der Waals surface area (Å²) >= 11 is 0. The number of aliphatic hydroxyl groups excluding tert-OH is 5. The first kappa shape index (κ1) is 66.4. The minimum absolute atomic E-state index is 0.142. The quantitative estimate of drug-likeness (QED) is 0.0261. The number of carbonyl (C=O) groups excluding carboxylic acids is 1. The largest absolute Gasteiger partial charge is 0.394 e. The predicted molar refractivity (Wildman–Crippen MR) is 299 cm³/mol. The van der Waals surface area contributed by atoms with Crippen molar-refractivity contribution in [2.45, 2.75) is 288 Å². The summed E-state index contributed by atoms with van der Waals surface area (Å²) in [6, 6.07) is -0.725. The van der Waals surface area contributed by atoms with Crippen molar-refractivity contribution >= 4 is 5.91 Å². The summed E-state index contributed by atoms with van der Waals surface area (Å²) in [5, 5.41) is 54.6. The van der Waals surface area contributed by atoms with Crippen molar-refractivity contribution in [1.82, 2.24) is 5.32 Å². The lowest BCUT2D eigenvalue weighted by Gasteiger charge is -2.40. The predicted octanol–water partition coefficient (Wildman–Crippen LogP) is 14.6. The zero-order chi connectivity index (χ0) is 51.5. The molecule has 0 spiro atoms. The van der Waals surface area contributed by atoms with E-state index in [0.29, 0.717) is 12.8 Å². The molecule has 410 valence electrons. The van der Waals surface area contributed by atoms with Gasteiger partial charge in [0.15, 0.2) is 6.29 Å². The van der Waals surface area contributed by atoms with Gasteiger partial charge in [0.2, 0.25) is 5.91 Å². The molecule has 1 fully saturated rings. The summed E-state index contributed by atoms with van der Waals surface area (Å²) in [5.74, 6) is -0.150. The average molecular weight is 997 g/mol. The van der Waals surface area contributed by atoms with E-state index in [1.807, 2.05) is 0 Å². The van der Waals surface area contributed by atoms with Crippen molar-refractivity contribution in [3.05, 3.63) is 85.1 Å². The number of ether oxygens (including phenoxy) is 2. The van der Waals surface area contributed by atoms with Gasteiger partial charge in [0.05, 0.1) is 25.4 Å². The Bertz CT molecular complexity index is 1390. The van der Waals surface area contributed by atoms with Crippen LogP contribution in [-0.2, 0) is 14.3 Å². The third-order valence-electron chi connectivity index (χ3n) is 13.5. The van der Waals surface area contributed by atoms with E-state index >= 15 is 0 Å². The van der Waals surface area contributed by atoms with Crippen molar-refractivity contribution in [2.75, 3.05) is 13.2 Å². The summed E-state index contributed by atoms with van der Waals surface area (Å²) in [7, 11) is 0. The minimum Gasteiger partial charge on any atom is -0.394 e. The van der Waals surface area contributed by atoms with E-state index in [4.69, 9.17) is 9.47 Å². The number of hydrogen-bond donors (Lipinski definition) is 6. The van der Waals surface area contributed by atoms with Gasteiger partial charge in [-0.2, -0.15) is 0 Å². The molecule has 7 atom stereocenters. The zero-order valence-corrected chi connectivity index (χ0v) is 45.5. The second kappa shape index (κ2) is 50.9. The maximum absolute atomic E-state index is 13.1. The van der Waals surface area contributed by atoms with Crippen LogP contribution < -0.4 is 5.32 Å². The molecule has 0 aromatic heterocycles. The number of amides is 1. The smallest absolute Gasteiger partial charge is 0.220 e. The molecular weight excluding hydrogens is 887 g/mol. The molecule has 6 N–H and O–H groups in total. The number of hydrogen-bond acceptors (Lipinski definition) is 8. The summed E-state index contributed by atoms with van der Waals surface area (Å²) in [5.41, 5.74) is 0. The maximum Gasteiger partial charge on any atom is 0.220 e. The van der Waals surface area contributed by atoms with Crippen LogP contribution in [0.3, 0.4) is 0 Å². The van der Waals surface area contributed by atoms with Gasteiger partial charge in [-0.25, -0.2) is 0 Å². The van der Waals surface area contributed by atoms with Crippen LogP contribution in [0.2, 0.25) is 0 Å². The van der Waals surface area contributed by atoms with Crippen molar-refractivity contribution < 1.29 is 39.8 Å². The number of rotatable bonds is 49. The van der Waals surface area contributed by atoms with Crippen molar-refractivity contribution in [2.24, 2.45) is 0 Å². The van der Waals surface area contributed by atoms with Gasteiger partial charge in [-0.3, -0.25) is 4.79 Å². The SMILES string of the molecule is CC/C=C\C/C=C\C/C=C\C/C=C\C/C=C\C/C=C\C/C=C\CCCCCCCCCCCCCC(=O)NC(COC1OC(CO)C(O)C(O)C1O)C(O)CCCCCCCCCCCCCCCCC. The highest BCUT2D eigenvalue weighted by Gasteiger charge is 2.44. The van der Waals surface area contributed by atoms with E-state index in [-0.39, 0.29) is 12.5 Å². The summed E-state index contributed by atoms with van der Waals surface area (Å²) in [4.78, 5) is 13.1. The Balaban J connectivity index is 2.16. The van der Waals surface area contributed by atoms with Crippen LogP contribution in [0.5, 0.6) is 0 Å². The van der Waals surface area contributed by atoms with E-state index in [1.165, 1.54) is 128 Å². The van der Waals surface area contributed by atoms with Gasteiger partial charge in [-0.05, 0) is 70.6 Å². The third kappa shape index (κ3) is 40.4. The van der Waals surface area contributed by atoms with Crippen LogP contribution in [0.25, 0.3) is 0 Å². The molecule has 71 heavy (non-hydrogen) atoms. The Morgan fingerprint density at radius 1 is 0.493 bits per heavy atom. The van der Waals surface area contributed by atoms with E-state index in [1.54, 1.807) is 0 Å². The normalized spacial score (nSPS) is 19.9. The van der Waals surface area contributed by atoms with E-state index < -0.39 is 49.5 Å². The first-order valence-electron chi connectivity index (χ1n) is 29.3. The number of aliphatic hydroxyl groups is 5. The lowest BCUT2D eigenvalue weighted by molar-refractivity contribution is -0.302. The first-order chi connectivity index (χ1) is 34.8. The Morgan fingerprint density at radius 3 is 1.30 bits per heavy atom. The van der Waals surface area contributed by atoms with E-state index in [9.17, 15) is 30.3 Å². The molecule has 1 saturated heterocycles. The molecule has 1 aliphatic heterocycles. The molecule has 9 nitrogen and oxygen atoms in total. The summed E-state index contributed by atoms with van der Waals surface area (Å²) < 4.78 is 11.3. The number of allylic oxidation sites excluding steroid dienone is 14. The van der Waals surface area contributed by atoms with Gasteiger partial charge in [0.25, 0.3) is 0 Å². The monoisotopic (exact) mass is 996 g/mol. The van der Waals surface area contributed by atoms with Crippen LogP contribution >= 0.6 is 0 Å². The Morgan fingerprint density at radius 2 is 0.873 bits per heavy atom. The summed E-state index contributed by atoms with van der Waals surface area (Å²) in [6.45, 7) is 3.73. The Labute approximate surface area is 435 Å². The van der Waals surface area contributed by atoms with Gasteiger partial charge in [0, 0.05) is 6.42 Å². The molecule has 0 radical (unpaired) electrons. The molecule has 1 aliphatic rings. The minimum atomic E-state index is -1.56. The maximum atomic E-state index is 13.1. The molecule has 0 aromatic rings. The second-order valence-corrected chi connectivity index (χ2v) is 20.1. The van der Waals surface area contributed by atoms with Crippen molar-refractivity contribution in [3.63, 3.8) is 0 Å². The molecule has 1 amide bonds. The molecule has 9 heteroatoms. The standard InChI is InChI=1S/C62H109NO8/c1-3-5-7-9-11-13-15-17-19-20-21-22-23-24-25-26-27-28-29-30-31-32-33-34-35-36-38-40-42-44-46-48-50-52-58(66)63-55(54-70-62-61(69)60(68)59(67)57(53-64)71-62)56(65)51-49-47-45-43-41-39-37-18-16-14-12-10-8-6-4-2/h5,7,11,13,17,19,21-22,24-25,27-28,30-31,55-57,59-62,64-65,67-69H,3-4,6,8-10,12,14-16,18,20,23,26,29,32-54H2,1-2H3,(H,63,66)/b7-5-,13-11-,19-17-,22-21-,25-24-,28-27-,31-30-. The highest BCUT2D eigenvalue weighted by molar-refractivity contribution is 5.76. The van der Waals surface area contributed by atoms with Crippen LogP contribution in [0.15, 0.2) is 85.1 Å². The molecule has 7 unspecified atom stereocenters. The van der Waals surface area contributed by atoms with E-state index in [2.05, 4.69) is 104 Å². The fourth-order valence-electron chi connectivity index (χ4n) is 8.91. The van der Waals surface area contributed by atoms with Crippen molar-refractivity contribution in [3.8, 4) is 0 Å². The fraction of sp³-hybridized carbons (Fsp3) is 0.758. The van der Waals surface area contributed by atoms with Gasteiger partial charge in [0.1, 0.15) is 24.4 Å². The lowest BCUT2D eigenvalue weighted by Crippen LogP contribution is -2.60. The molecular formula is C62H109NO8. The van der Waals surface area contributed by atoms with Crippen molar-refractivity contribution in [1.29, 1.82) is 0 Å². The molecule has 1 rings (SSSR count). The number of nitrogens with one attached hydrogen (secondary N) is 1. The van der Waals surface area contributed by atoms with Crippen LogP contribution in [0.4, 0.5) is 0 Å². The molecule has 1 heterocycles. The highest BCUT2D eigenvalue weighted by atomic mass is 16.7. The third-order valence-corrected chi connectivity index (χ3v) is 13.5. The molecule has 0 aliphatic carbocycles. The Hall–Kier alpha value is -2.63. The van der Waals surface area contributed by atoms with E-state index in [0.717, 1.165) is 89.9 Å². The molecule has 0 bridgehead atoms. The zero-order valence-electron chi connectivity index (χ0n) is 45.5. The average Bonchev–Trinajstić information content (AvgIpc) is 3.37. The molecule has 0 aromatic carbocycles. The van der Waals surface area contributed by atoms with Crippen LogP contribution in [0.1, 0.15) is 245 Å². The summed E-state index contributed by atoms with van der Waals surface area (Å²) in [6.07, 6.45) is 64.6. The van der Waals surface area contributed by atoms with Gasteiger partial charge >= 0.3 is 0 Å². The van der Waals surface area contributed by atoms with Crippen LogP contribution in [-0.4, -0.2) is 87.5 Å². The fourth-order valence-corrected chi connectivity index (χ4v) is 8.91. The Kier molecular flexibility index (Phi) is 47.6. The second-order valence-electron chi connectivity index (χ2n) is 20.1. The topological polar surface area (TPSA) is 149 Å². The highest BCUT2D eigenvalue weighted by Crippen LogP contribution is 2.23. The van der Waals surface area contributed by atoms with Crippen LogP contribution in [0, 0.1) is 0 Å². The van der Waals surface area contributed by atoms with Gasteiger partial charge in [-0.15, -0.1) is 0 Å².